The lowest BCUT2D eigenvalue weighted by atomic mass is 9.99. The quantitative estimate of drug-likeness (QED) is 0.574. The van der Waals surface area contributed by atoms with Gasteiger partial charge in [0.15, 0.2) is 0 Å². The van der Waals surface area contributed by atoms with Crippen LogP contribution >= 0.6 is 0 Å². The highest BCUT2D eigenvalue weighted by Gasteiger charge is 2.40. The zero-order chi connectivity index (χ0) is 24.8. The van der Waals surface area contributed by atoms with Crippen molar-refractivity contribution in [3.8, 4) is 0 Å². The Hall–Kier alpha value is -3.05. The molecular formula is C23H31FN4O6. The first-order valence-electron chi connectivity index (χ1n) is 11.3. The van der Waals surface area contributed by atoms with Crippen LogP contribution in [0.4, 0.5) is 4.39 Å². The van der Waals surface area contributed by atoms with Crippen molar-refractivity contribution in [3.63, 3.8) is 0 Å². The van der Waals surface area contributed by atoms with E-state index in [1.54, 1.807) is 19.2 Å². The molecule has 10 nitrogen and oxygen atoms in total. The van der Waals surface area contributed by atoms with E-state index in [0.29, 0.717) is 24.3 Å². The van der Waals surface area contributed by atoms with Crippen molar-refractivity contribution in [3.05, 3.63) is 52.0 Å². The zero-order valence-corrected chi connectivity index (χ0v) is 19.4. The van der Waals surface area contributed by atoms with E-state index in [0.717, 1.165) is 38.1 Å². The Kier molecular flexibility index (Phi) is 8.56. The Morgan fingerprint density at radius 3 is 2.24 bits per heavy atom. The second-order valence-corrected chi connectivity index (χ2v) is 8.69. The molecule has 1 aromatic heterocycles. The van der Waals surface area contributed by atoms with Gasteiger partial charge in [-0.2, -0.15) is 4.98 Å². The van der Waals surface area contributed by atoms with E-state index in [-0.39, 0.29) is 17.6 Å². The van der Waals surface area contributed by atoms with Crippen LogP contribution in [0.25, 0.3) is 0 Å². The smallest absolute Gasteiger partial charge is 0.414 e. The minimum absolute atomic E-state index is 0.188. The molecule has 1 aromatic carbocycles. The van der Waals surface area contributed by atoms with Crippen LogP contribution in [0, 0.1) is 5.82 Å². The SMILES string of the molecule is Cn1c(CCCN2C3CCC2CC(OCc2ccccc2F)C3)nc(=O)n1C.O=C(O)C(=O)O. The number of benzene rings is 1. The fourth-order valence-electron chi connectivity index (χ4n) is 4.74. The second kappa shape index (κ2) is 11.4. The first-order chi connectivity index (χ1) is 16.2. The number of ether oxygens (including phenoxy) is 1. The summed E-state index contributed by atoms with van der Waals surface area (Å²) in [6, 6.07) is 7.95. The third kappa shape index (κ3) is 6.29. The van der Waals surface area contributed by atoms with Gasteiger partial charge in [0.2, 0.25) is 0 Å². The lowest BCUT2D eigenvalue weighted by molar-refractivity contribution is -0.159. The summed E-state index contributed by atoms with van der Waals surface area (Å²) in [5.74, 6) is -2.99. The van der Waals surface area contributed by atoms with Crippen LogP contribution in [0.15, 0.2) is 29.1 Å². The Morgan fingerprint density at radius 2 is 1.71 bits per heavy atom. The number of aromatic nitrogens is 3. The molecule has 2 unspecified atom stereocenters. The molecule has 2 N–H and O–H groups in total. The number of hydrogen-bond acceptors (Lipinski definition) is 6. The van der Waals surface area contributed by atoms with Crippen molar-refractivity contribution in [2.75, 3.05) is 6.54 Å². The number of piperidine rings is 1. The highest BCUT2D eigenvalue weighted by molar-refractivity contribution is 6.27. The van der Waals surface area contributed by atoms with Crippen molar-refractivity contribution in [2.24, 2.45) is 14.1 Å². The van der Waals surface area contributed by atoms with Gasteiger partial charge in [0.05, 0.1) is 12.7 Å². The minimum atomic E-state index is -1.82. The average Bonchev–Trinajstić information content (AvgIpc) is 3.18. The maximum atomic E-state index is 13.8. The molecule has 186 valence electrons. The Balaban J connectivity index is 0.000000481. The van der Waals surface area contributed by atoms with E-state index in [1.807, 2.05) is 17.8 Å². The van der Waals surface area contributed by atoms with Crippen molar-refractivity contribution < 1.29 is 28.9 Å². The third-order valence-corrected chi connectivity index (χ3v) is 6.60. The van der Waals surface area contributed by atoms with Crippen molar-refractivity contribution in [2.45, 2.75) is 63.3 Å². The van der Waals surface area contributed by atoms with Crippen molar-refractivity contribution in [1.82, 2.24) is 19.2 Å². The van der Waals surface area contributed by atoms with E-state index < -0.39 is 11.9 Å². The zero-order valence-electron chi connectivity index (χ0n) is 19.4. The number of aryl methyl sites for hydroxylation is 1. The first-order valence-corrected chi connectivity index (χ1v) is 11.3. The summed E-state index contributed by atoms with van der Waals surface area (Å²) in [6.07, 6.45) is 6.50. The fourth-order valence-corrected chi connectivity index (χ4v) is 4.74. The molecule has 0 amide bonds. The summed E-state index contributed by atoms with van der Waals surface area (Å²) in [6.45, 7) is 1.38. The van der Waals surface area contributed by atoms with Crippen LogP contribution < -0.4 is 5.69 Å². The number of halogens is 1. The molecule has 2 fully saturated rings. The number of nitrogens with zero attached hydrogens (tertiary/aromatic N) is 4. The highest BCUT2D eigenvalue weighted by Crippen LogP contribution is 2.37. The lowest BCUT2D eigenvalue weighted by Crippen LogP contribution is -2.45. The largest absolute Gasteiger partial charge is 0.473 e. The van der Waals surface area contributed by atoms with Crippen LogP contribution in [0.5, 0.6) is 0 Å². The molecule has 4 rings (SSSR count). The molecule has 3 heterocycles. The minimum Gasteiger partial charge on any atom is -0.473 e. The van der Waals surface area contributed by atoms with Crippen LogP contribution in [0.3, 0.4) is 0 Å². The number of carboxylic acid groups (broad SMARTS) is 2. The van der Waals surface area contributed by atoms with Gasteiger partial charge in [0, 0.05) is 38.2 Å². The van der Waals surface area contributed by atoms with Crippen molar-refractivity contribution in [1.29, 1.82) is 0 Å². The lowest BCUT2D eigenvalue weighted by Gasteiger charge is -2.38. The van der Waals surface area contributed by atoms with E-state index in [2.05, 4.69) is 9.88 Å². The Morgan fingerprint density at radius 1 is 1.09 bits per heavy atom. The third-order valence-electron chi connectivity index (χ3n) is 6.60. The summed E-state index contributed by atoms with van der Waals surface area (Å²) in [4.78, 5) is 36.6. The van der Waals surface area contributed by atoms with Crippen LogP contribution in [0.2, 0.25) is 0 Å². The van der Waals surface area contributed by atoms with Gasteiger partial charge < -0.3 is 14.9 Å². The predicted molar refractivity (Wildman–Crippen MR) is 120 cm³/mol. The van der Waals surface area contributed by atoms with E-state index in [4.69, 9.17) is 24.5 Å². The topological polar surface area (TPSA) is 127 Å². The monoisotopic (exact) mass is 478 g/mol. The van der Waals surface area contributed by atoms with Gasteiger partial charge in [-0.05, 0) is 44.7 Å². The standard InChI is InChI=1S/C21H29FN4O2.C2H2O4/c1-24-20(23-21(27)25(24)2)8-5-11-26-16-9-10-17(26)13-18(12-16)28-14-15-6-3-4-7-19(15)22;3-1(4)2(5)6/h3-4,6-7,16-18H,5,8-14H2,1-2H3;(H,3,4)(H,5,6). The van der Waals surface area contributed by atoms with Crippen molar-refractivity contribution >= 4 is 11.9 Å². The van der Waals surface area contributed by atoms with Gasteiger partial charge in [0.1, 0.15) is 11.6 Å². The second-order valence-electron chi connectivity index (χ2n) is 8.69. The van der Waals surface area contributed by atoms with Gasteiger partial charge in [-0.1, -0.05) is 18.2 Å². The van der Waals surface area contributed by atoms with Crippen LogP contribution in [-0.2, 0) is 41.4 Å². The van der Waals surface area contributed by atoms with Crippen LogP contribution in [0.1, 0.15) is 43.5 Å². The summed E-state index contributed by atoms with van der Waals surface area (Å²) in [5, 5.41) is 14.8. The maximum absolute atomic E-state index is 13.8. The average molecular weight is 479 g/mol. The molecule has 2 atom stereocenters. The van der Waals surface area contributed by atoms with Gasteiger partial charge in [-0.25, -0.2) is 23.5 Å². The number of aliphatic carboxylic acids is 2. The Labute approximate surface area is 196 Å². The molecule has 34 heavy (non-hydrogen) atoms. The molecule has 2 aliphatic heterocycles. The summed E-state index contributed by atoms with van der Waals surface area (Å²) in [5.41, 5.74) is 0.448. The molecular weight excluding hydrogens is 447 g/mol. The highest BCUT2D eigenvalue weighted by atomic mass is 19.1. The van der Waals surface area contributed by atoms with E-state index in [9.17, 15) is 9.18 Å². The van der Waals surface area contributed by atoms with Crippen LogP contribution in [-0.4, -0.2) is 66.1 Å². The fraction of sp³-hybridized carbons (Fsp3) is 0.565. The normalized spacial score (nSPS) is 21.7. The molecule has 0 saturated carbocycles. The number of fused-ring (bicyclic) bond motifs is 2. The number of hydrogen-bond donors (Lipinski definition) is 2. The predicted octanol–water partition coefficient (Wildman–Crippen LogP) is 1.56. The van der Waals surface area contributed by atoms with Gasteiger partial charge >= 0.3 is 17.6 Å². The number of rotatable bonds is 7. The molecule has 11 heteroatoms. The van der Waals surface area contributed by atoms with Gasteiger partial charge in [0.25, 0.3) is 0 Å². The molecule has 2 aliphatic rings. The molecule has 0 spiro atoms. The molecule has 0 radical (unpaired) electrons. The summed E-state index contributed by atoms with van der Waals surface area (Å²) < 4.78 is 23.2. The van der Waals surface area contributed by atoms with E-state index >= 15 is 0 Å². The molecule has 0 aliphatic carbocycles. The molecule has 2 aromatic rings. The van der Waals surface area contributed by atoms with Gasteiger partial charge in [-0.15, -0.1) is 0 Å². The number of carbonyl (C=O) groups is 2. The molecule has 2 bridgehead atoms. The summed E-state index contributed by atoms with van der Waals surface area (Å²) >= 11 is 0. The summed E-state index contributed by atoms with van der Waals surface area (Å²) in [7, 11) is 3.62. The Bertz CT molecular complexity index is 1040. The molecule has 2 saturated heterocycles. The van der Waals surface area contributed by atoms with Gasteiger partial charge in [-0.3, -0.25) is 9.58 Å². The number of carboxylic acids is 2. The first kappa shape index (κ1) is 25.6. The van der Waals surface area contributed by atoms with E-state index in [1.165, 1.54) is 23.6 Å². The maximum Gasteiger partial charge on any atom is 0.414 e.